The summed E-state index contributed by atoms with van der Waals surface area (Å²) in [7, 11) is 1.64. The topological polar surface area (TPSA) is 234 Å². The van der Waals surface area contributed by atoms with Crippen molar-refractivity contribution in [1.82, 2.24) is 30.8 Å². The van der Waals surface area contributed by atoms with Crippen LogP contribution >= 0.6 is 11.3 Å². The Bertz CT molecular complexity index is 3400. The Morgan fingerprint density at radius 3 is 1.97 bits per heavy atom. The van der Waals surface area contributed by atoms with Crippen LogP contribution in [0.5, 0.6) is 17.2 Å². The van der Waals surface area contributed by atoms with Crippen LogP contribution in [-0.4, -0.2) is 107 Å². The van der Waals surface area contributed by atoms with Gasteiger partial charge in [0.15, 0.2) is 0 Å². The number of fused-ring (bicyclic) bond motifs is 1. The second-order valence-electron chi connectivity index (χ2n) is 25.1. The first-order chi connectivity index (χ1) is 42.9. The summed E-state index contributed by atoms with van der Waals surface area (Å²) < 4.78 is 25.6. The number of hydrogen-bond donors (Lipinski definition) is 6. The Labute approximate surface area is 525 Å². The number of unbranched alkanes of at least 4 members (excludes halogenated alkanes) is 10. The number of amides is 6. The number of anilines is 3. The smallest absolute Gasteiger partial charge is 0.246 e. The van der Waals surface area contributed by atoms with E-state index in [9.17, 15) is 38.3 Å². The predicted molar refractivity (Wildman–Crippen MR) is 345 cm³/mol. The van der Waals surface area contributed by atoms with E-state index in [2.05, 4.69) is 41.5 Å². The Morgan fingerprint density at radius 1 is 0.753 bits per heavy atom. The average Bonchev–Trinajstić information content (AvgIpc) is 1.84. The molecular weight excluding hydrogens is 1150 g/mol. The van der Waals surface area contributed by atoms with E-state index in [1.165, 1.54) is 42.0 Å². The van der Waals surface area contributed by atoms with Gasteiger partial charge in [0.25, 0.3) is 0 Å². The van der Waals surface area contributed by atoms with Crippen molar-refractivity contribution in [3.63, 3.8) is 0 Å². The van der Waals surface area contributed by atoms with Gasteiger partial charge in [-0.15, -0.1) is 11.3 Å². The van der Waals surface area contributed by atoms with Gasteiger partial charge < -0.3 is 51.0 Å². The number of aliphatic hydroxyl groups excluding tert-OH is 1. The van der Waals surface area contributed by atoms with Crippen LogP contribution in [0.25, 0.3) is 21.3 Å². The summed E-state index contributed by atoms with van der Waals surface area (Å²) in [6.45, 7) is 10.1. The summed E-state index contributed by atoms with van der Waals surface area (Å²) in [4.78, 5) is 94.1. The molecule has 2 aliphatic heterocycles. The number of thiazole rings is 1. The van der Waals surface area contributed by atoms with Gasteiger partial charge in [0.1, 0.15) is 40.6 Å². The van der Waals surface area contributed by atoms with E-state index in [1.807, 2.05) is 69.6 Å². The number of pyridine rings is 1. The van der Waals surface area contributed by atoms with Crippen molar-refractivity contribution in [2.45, 2.75) is 162 Å². The van der Waals surface area contributed by atoms with Crippen molar-refractivity contribution in [2.75, 3.05) is 48.8 Å². The first kappa shape index (κ1) is 65.5. The zero-order valence-electron chi connectivity index (χ0n) is 52.0. The average molecular weight is 1240 g/mol. The number of likely N-dealkylation sites (tertiary alicyclic amines) is 1. The third-order valence-corrected chi connectivity index (χ3v) is 18.3. The van der Waals surface area contributed by atoms with Crippen molar-refractivity contribution in [2.24, 2.45) is 16.7 Å². The number of hydrogen-bond acceptors (Lipinski definition) is 13. The first-order valence-corrected chi connectivity index (χ1v) is 32.5. The standard InChI is InChI=1S/C69H86FN9O9S/c1-45-61(89-44-74-45)47-20-18-46(19-21-47)42-73-64(83)57-39-52(80)43-79(57)65(84)62(68(2,3)4)77-60(81)17-15-13-11-9-7-6-8-10-12-14-16-35-72-63(82)48-31-37-78(38-32-48)56-41-55-54(40-59(56)87-5)58(30-36-71-55)88-53-28-26-51(27-29-53)76-67(86)69(33-34-69)66(85)75-50-24-22-49(70)23-25-50/h18-30,36,40-41,44,48,52,57,62,80H,6-17,31-35,37-39,42-43H2,1-5H3,(H,72,82)(H,73,83)(H,75,85)(H,76,86)(H,77,81)/t52-,57+,62-/m1/s1. The predicted octanol–water partition coefficient (Wildman–Crippen LogP) is 11.8. The summed E-state index contributed by atoms with van der Waals surface area (Å²) in [5.41, 5.74) is 5.53. The van der Waals surface area contributed by atoms with E-state index in [4.69, 9.17) is 9.47 Å². The van der Waals surface area contributed by atoms with E-state index in [0.29, 0.717) is 67.5 Å². The third-order valence-electron chi connectivity index (χ3n) is 17.4. The molecule has 3 aliphatic rings. The molecule has 18 nitrogen and oxygen atoms in total. The number of ether oxygens (including phenoxy) is 2. The monoisotopic (exact) mass is 1240 g/mol. The molecule has 474 valence electrons. The van der Waals surface area contributed by atoms with E-state index in [-0.39, 0.29) is 49.1 Å². The van der Waals surface area contributed by atoms with Crippen LogP contribution in [0.3, 0.4) is 0 Å². The molecule has 0 spiro atoms. The molecule has 6 amide bonds. The summed E-state index contributed by atoms with van der Waals surface area (Å²) in [6, 6.07) is 24.3. The number of benzene rings is 4. The van der Waals surface area contributed by atoms with Gasteiger partial charge in [0.05, 0.1) is 40.5 Å². The Balaban J connectivity index is 0.607. The van der Waals surface area contributed by atoms with Crippen molar-refractivity contribution >= 4 is 74.7 Å². The van der Waals surface area contributed by atoms with Crippen LogP contribution in [0, 0.1) is 29.5 Å². The Kier molecular flexibility index (Phi) is 22.4. The Morgan fingerprint density at radius 2 is 1.37 bits per heavy atom. The second kappa shape index (κ2) is 30.5. The largest absolute Gasteiger partial charge is 0.495 e. The fourth-order valence-electron chi connectivity index (χ4n) is 11.8. The van der Waals surface area contributed by atoms with Gasteiger partial charge >= 0.3 is 0 Å². The lowest BCUT2D eigenvalue weighted by Crippen LogP contribution is -2.57. The molecule has 1 aliphatic carbocycles. The third kappa shape index (κ3) is 17.5. The fourth-order valence-corrected chi connectivity index (χ4v) is 12.7. The van der Waals surface area contributed by atoms with Crippen molar-refractivity contribution in [3.05, 3.63) is 120 Å². The summed E-state index contributed by atoms with van der Waals surface area (Å²) in [5, 5.41) is 26.1. The van der Waals surface area contributed by atoms with E-state index < -0.39 is 46.6 Å². The minimum atomic E-state index is -1.18. The number of β-amino-alcohol motifs (C(OH)–C–C–N with tert-alkyl or cyclic N) is 1. The lowest BCUT2D eigenvalue weighted by atomic mass is 9.85. The van der Waals surface area contributed by atoms with Gasteiger partial charge in [-0.1, -0.05) is 103 Å². The van der Waals surface area contributed by atoms with E-state index >= 15 is 0 Å². The van der Waals surface area contributed by atoms with Crippen molar-refractivity contribution in [3.8, 4) is 27.7 Å². The lowest BCUT2D eigenvalue weighted by Gasteiger charge is -2.35. The number of carbonyl (C=O) groups is 6. The number of aliphatic hydroxyl groups is 1. The van der Waals surface area contributed by atoms with Gasteiger partial charge in [0.2, 0.25) is 35.4 Å². The maximum atomic E-state index is 14.1. The van der Waals surface area contributed by atoms with Crippen molar-refractivity contribution in [1.29, 1.82) is 0 Å². The molecular formula is C69H86FN9O9S. The number of methoxy groups -OCH3 is 1. The number of piperidine rings is 1. The number of nitrogens with one attached hydrogen (secondary N) is 5. The normalized spacial score (nSPS) is 16.8. The van der Waals surface area contributed by atoms with Gasteiger partial charge in [-0.3, -0.25) is 33.8 Å². The van der Waals surface area contributed by atoms with Gasteiger partial charge in [0, 0.05) is 74.4 Å². The minimum absolute atomic E-state index is 0.0312. The van der Waals surface area contributed by atoms with Crippen LogP contribution in [0.1, 0.15) is 141 Å². The highest BCUT2D eigenvalue weighted by Crippen LogP contribution is 2.48. The number of carbonyl (C=O) groups excluding carboxylic acids is 6. The Hall–Kier alpha value is -7.97. The van der Waals surface area contributed by atoms with Crippen LogP contribution in [0.2, 0.25) is 0 Å². The molecule has 9 rings (SSSR count). The second-order valence-corrected chi connectivity index (χ2v) is 26.0. The van der Waals surface area contributed by atoms with Gasteiger partial charge in [-0.25, -0.2) is 9.37 Å². The molecule has 0 bridgehead atoms. The SMILES string of the molecule is COc1cc2c(Oc3ccc(NC(=O)C4(C(=O)Nc5ccc(F)cc5)CC4)cc3)ccnc2cc1N1CCC(C(=O)NCCCCCCCCCCCCCC(=O)N[C@H](C(=O)N2C[C@H](O)C[C@H]2C(=O)NCc2ccc(-c3scnc3C)cc2)C(C)(C)C)CC1. The number of aromatic nitrogens is 2. The van der Waals surface area contributed by atoms with Gasteiger partial charge in [-0.05, 0) is 129 Å². The number of rotatable bonds is 29. The minimum Gasteiger partial charge on any atom is -0.495 e. The molecule has 2 saturated heterocycles. The number of aryl methyl sites for hydroxylation is 1. The molecule has 1 saturated carbocycles. The highest BCUT2D eigenvalue weighted by molar-refractivity contribution is 7.13. The maximum Gasteiger partial charge on any atom is 0.246 e. The number of halogens is 1. The maximum absolute atomic E-state index is 14.1. The fraction of sp³-hybridized carbons (Fsp3) is 0.478. The zero-order chi connectivity index (χ0) is 63.1. The molecule has 6 N–H and O–H groups in total. The molecule has 4 heterocycles. The lowest BCUT2D eigenvalue weighted by molar-refractivity contribution is -0.144. The molecule has 6 aromatic rings. The molecule has 4 aromatic carbocycles. The molecule has 2 aromatic heterocycles. The van der Waals surface area contributed by atoms with Gasteiger partial charge in [-0.2, -0.15) is 0 Å². The molecule has 20 heteroatoms. The quantitative estimate of drug-likeness (QED) is 0.0190. The molecule has 3 fully saturated rings. The van der Waals surface area contributed by atoms with Crippen LogP contribution in [0.4, 0.5) is 21.5 Å². The summed E-state index contributed by atoms with van der Waals surface area (Å²) >= 11 is 1.58. The zero-order valence-corrected chi connectivity index (χ0v) is 52.8. The first-order valence-electron chi connectivity index (χ1n) is 31.6. The molecule has 89 heavy (non-hydrogen) atoms. The van der Waals surface area contributed by atoms with Crippen LogP contribution < -0.4 is 41.0 Å². The van der Waals surface area contributed by atoms with E-state index in [0.717, 1.165) is 109 Å². The van der Waals surface area contributed by atoms with Crippen LogP contribution in [0.15, 0.2) is 103 Å². The van der Waals surface area contributed by atoms with Crippen LogP contribution in [-0.2, 0) is 35.3 Å². The summed E-state index contributed by atoms with van der Waals surface area (Å²) in [5.74, 6) is -0.286. The van der Waals surface area contributed by atoms with E-state index in [1.54, 1.807) is 55.0 Å². The summed E-state index contributed by atoms with van der Waals surface area (Å²) in [6.07, 6.45) is 15.2. The molecule has 0 unspecified atom stereocenters. The van der Waals surface area contributed by atoms with Crippen molar-refractivity contribution < 1.29 is 47.7 Å². The highest BCUT2D eigenvalue weighted by atomic mass is 32.1. The molecule has 0 radical (unpaired) electrons. The number of nitrogens with zero attached hydrogens (tertiary/aromatic N) is 4. The highest BCUT2D eigenvalue weighted by Gasteiger charge is 2.56. The molecule has 3 atom stereocenters.